The summed E-state index contributed by atoms with van der Waals surface area (Å²) in [6, 6.07) is 13.2. The molecule has 1 amide bonds. The highest BCUT2D eigenvalue weighted by Crippen LogP contribution is 2.14. The van der Waals surface area contributed by atoms with E-state index in [1.165, 1.54) is 12.1 Å². The molecule has 0 aliphatic rings. The molecule has 0 saturated heterocycles. The van der Waals surface area contributed by atoms with Crippen LogP contribution >= 0.6 is 0 Å². The predicted octanol–water partition coefficient (Wildman–Crippen LogP) is 3.13. The molecule has 2 aromatic carbocycles. The third-order valence-corrected chi connectivity index (χ3v) is 3.18. The van der Waals surface area contributed by atoms with Crippen LogP contribution < -0.4 is 10.6 Å². The summed E-state index contributed by atoms with van der Waals surface area (Å²) in [6.07, 6.45) is 0.998. The van der Waals surface area contributed by atoms with E-state index in [1.54, 1.807) is 0 Å². The average molecular weight is 304 g/mol. The number of hydrogen-bond donors (Lipinski definition) is 2. The Morgan fingerprint density at radius 1 is 1.00 bits per heavy atom. The smallest absolute Gasteiger partial charge is 0.221 e. The van der Waals surface area contributed by atoms with E-state index < -0.39 is 11.6 Å². The summed E-state index contributed by atoms with van der Waals surface area (Å²) in [5.74, 6) is -1.39. The average Bonchev–Trinajstić information content (AvgIpc) is 2.50. The van der Waals surface area contributed by atoms with E-state index >= 15 is 0 Å². The molecule has 0 heterocycles. The van der Waals surface area contributed by atoms with Crippen molar-refractivity contribution in [1.82, 2.24) is 5.32 Å². The highest BCUT2D eigenvalue weighted by atomic mass is 19.1. The van der Waals surface area contributed by atoms with Gasteiger partial charge in [0, 0.05) is 25.6 Å². The van der Waals surface area contributed by atoms with Gasteiger partial charge in [0.2, 0.25) is 5.91 Å². The minimum atomic E-state index is -0.663. The van der Waals surface area contributed by atoms with Crippen molar-refractivity contribution in [1.29, 1.82) is 0 Å². The number of amides is 1. The number of nitrogens with one attached hydrogen (secondary N) is 2. The zero-order valence-corrected chi connectivity index (χ0v) is 12.1. The summed E-state index contributed by atoms with van der Waals surface area (Å²) in [4.78, 5) is 11.7. The van der Waals surface area contributed by atoms with Crippen molar-refractivity contribution in [2.24, 2.45) is 0 Å². The minimum absolute atomic E-state index is 0.106. The summed E-state index contributed by atoms with van der Waals surface area (Å²) in [5.41, 5.74) is 1.35. The van der Waals surface area contributed by atoms with Crippen LogP contribution in [0.15, 0.2) is 48.5 Å². The Balaban J connectivity index is 1.65. The largest absolute Gasteiger partial charge is 0.382 e. The lowest BCUT2D eigenvalue weighted by Crippen LogP contribution is -2.27. The predicted molar refractivity (Wildman–Crippen MR) is 82.6 cm³/mol. The number of carbonyl (C=O) groups is 1. The third-order valence-electron chi connectivity index (χ3n) is 3.18. The number of carbonyl (C=O) groups excluding carboxylic acids is 1. The summed E-state index contributed by atoms with van der Waals surface area (Å²) < 4.78 is 26.1. The molecule has 5 heteroatoms. The SMILES string of the molecule is O=C(CCNc1ccc(F)cc1F)NCCc1ccccc1. The Morgan fingerprint density at radius 3 is 2.50 bits per heavy atom. The molecule has 0 radical (unpaired) electrons. The van der Waals surface area contributed by atoms with E-state index in [4.69, 9.17) is 0 Å². The van der Waals surface area contributed by atoms with E-state index in [9.17, 15) is 13.6 Å². The highest BCUT2D eigenvalue weighted by molar-refractivity contribution is 5.76. The van der Waals surface area contributed by atoms with E-state index in [2.05, 4.69) is 10.6 Å². The maximum absolute atomic E-state index is 13.4. The van der Waals surface area contributed by atoms with Crippen LogP contribution in [-0.4, -0.2) is 19.0 Å². The van der Waals surface area contributed by atoms with Gasteiger partial charge >= 0.3 is 0 Å². The number of halogens is 2. The fourth-order valence-corrected chi connectivity index (χ4v) is 2.02. The van der Waals surface area contributed by atoms with Gasteiger partial charge in [-0.1, -0.05) is 30.3 Å². The lowest BCUT2D eigenvalue weighted by Gasteiger charge is -2.08. The molecule has 0 spiro atoms. The second kappa shape index (κ2) is 8.12. The zero-order chi connectivity index (χ0) is 15.8. The van der Waals surface area contributed by atoms with Gasteiger partial charge in [-0.2, -0.15) is 0 Å². The quantitative estimate of drug-likeness (QED) is 0.825. The van der Waals surface area contributed by atoms with Crippen molar-refractivity contribution < 1.29 is 13.6 Å². The Bertz CT molecular complexity index is 617. The molecule has 2 rings (SSSR count). The molecule has 2 aromatic rings. The standard InChI is InChI=1S/C17H18F2N2O/c18-14-6-7-16(15(19)12-14)20-11-9-17(22)21-10-8-13-4-2-1-3-5-13/h1-7,12,20H,8-11H2,(H,21,22). The van der Waals surface area contributed by atoms with Crippen molar-refractivity contribution >= 4 is 11.6 Å². The molecule has 3 nitrogen and oxygen atoms in total. The van der Waals surface area contributed by atoms with E-state index in [0.29, 0.717) is 13.1 Å². The first-order valence-corrected chi connectivity index (χ1v) is 7.15. The third kappa shape index (κ3) is 5.16. The number of hydrogen-bond acceptors (Lipinski definition) is 2. The zero-order valence-electron chi connectivity index (χ0n) is 12.1. The van der Waals surface area contributed by atoms with Gasteiger partial charge in [-0.3, -0.25) is 4.79 Å². The maximum Gasteiger partial charge on any atom is 0.221 e. The first-order valence-electron chi connectivity index (χ1n) is 7.15. The van der Waals surface area contributed by atoms with Crippen LogP contribution in [0.2, 0.25) is 0 Å². The molecule has 0 saturated carbocycles. The topological polar surface area (TPSA) is 41.1 Å². The van der Waals surface area contributed by atoms with Crippen LogP contribution in [0.4, 0.5) is 14.5 Å². The monoisotopic (exact) mass is 304 g/mol. The van der Waals surface area contributed by atoms with Gasteiger partial charge in [0.25, 0.3) is 0 Å². The Labute approximate surface area is 128 Å². The van der Waals surface area contributed by atoms with Gasteiger partial charge in [0.15, 0.2) is 0 Å². The number of benzene rings is 2. The molecule has 2 N–H and O–H groups in total. The second-order valence-electron chi connectivity index (χ2n) is 4.89. The molecule has 22 heavy (non-hydrogen) atoms. The van der Waals surface area contributed by atoms with E-state index in [0.717, 1.165) is 18.1 Å². The van der Waals surface area contributed by atoms with Crippen molar-refractivity contribution in [2.45, 2.75) is 12.8 Å². The van der Waals surface area contributed by atoms with E-state index in [-0.39, 0.29) is 18.0 Å². The number of rotatable bonds is 7. The molecule has 0 unspecified atom stereocenters. The van der Waals surface area contributed by atoms with Crippen molar-refractivity contribution in [3.05, 3.63) is 65.7 Å². The molecular weight excluding hydrogens is 286 g/mol. The molecule has 0 fully saturated rings. The van der Waals surface area contributed by atoms with Crippen LogP contribution in [0.5, 0.6) is 0 Å². The first-order chi connectivity index (χ1) is 10.6. The Hall–Kier alpha value is -2.43. The summed E-state index contributed by atoms with van der Waals surface area (Å²) in [6.45, 7) is 0.855. The fraction of sp³-hybridized carbons (Fsp3) is 0.235. The molecule has 0 aliphatic heterocycles. The van der Waals surface area contributed by atoms with Crippen LogP contribution in [0.1, 0.15) is 12.0 Å². The molecule has 0 aromatic heterocycles. The Kier molecular flexibility index (Phi) is 5.89. The van der Waals surface area contributed by atoms with Gasteiger partial charge in [0.05, 0.1) is 5.69 Å². The molecule has 0 bridgehead atoms. The molecule has 116 valence electrons. The van der Waals surface area contributed by atoms with Crippen LogP contribution in [0, 0.1) is 11.6 Å². The normalized spacial score (nSPS) is 10.3. The summed E-state index contributed by atoms with van der Waals surface area (Å²) >= 11 is 0. The van der Waals surface area contributed by atoms with Crippen LogP contribution in [-0.2, 0) is 11.2 Å². The molecular formula is C17H18F2N2O. The Morgan fingerprint density at radius 2 is 1.77 bits per heavy atom. The highest BCUT2D eigenvalue weighted by Gasteiger charge is 2.05. The van der Waals surface area contributed by atoms with Crippen LogP contribution in [0.25, 0.3) is 0 Å². The van der Waals surface area contributed by atoms with Gasteiger partial charge in [-0.15, -0.1) is 0 Å². The van der Waals surface area contributed by atoms with Crippen molar-refractivity contribution in [3.63, 3.8) is 0 Å². The van der Waals surface area contributed by atoms with Gasteiger partial charge in [-0.25, -0.2) is 8.78 Å². The minimum Gasteiger partial charge on any atom is -0.382 e. The molecule has 0 atom stereocenters. The van der Waals surface area contributed by atoms with Crippen molar-refractivity contribution in [3.8, 4) is 0 Å². The fourth-order valence-electron chi connectivity index (χ4n) is 2.02. The lowest BCUT2D eigenvalue weighted by atomic mass is 10.1. The summed E-state index contributed by atoms with van der Waals surface area (Å²) in [5, 5.41) is 5.59. The first kappa shape index (κ1) is 15.9. The molecule has 0 aliphatic carbocycles. The number of anilines is 1. The summed E-state index contributed by atoms with van der Waals surface area (Å²) in [7, 11) is 0. The van der Waals surface area contributed by atoms with Gasteiger partial charge in [0.1, 0.15) is 11.6 Å². The van der Waals surface area contributed by atoms with Crippen molar-refractivity contribution in [2.75, 3.05) is 18.4 Å². The lowest BCUT2D eigenvalue weighted by molar-refractivity contribution is -0.120. The van der Waals surface area contributed by atoms with Gasteiger partial charge < -0.3 is 10.6 Å². The van der Waals surface area contributed by atoms with Crippen LogP contribution in [0.3, 0.4) is 0 Å². The second-order valence-corrected chi connectivity index (χ2v) is 4.89. The maximum atomic E-state index is 13.4. The van der Waals surface area contributed by atoms with Gasteiger partial charge in [-0.05, 0) is 24.1 Å². The van der Waals surface area contributed by atoms with E-state index in [1.807, 2.05) is 30.3 Å².